The molecule has 10 nitrogen and oxygen atoms in total. The van der Waals surface area contributed by atoms with Gasteiger partial charge in [-0.2, -0.15) is 0 Å². The van der Waals surface area contributed by atoms with E-state index in [4.69, 9.17) is 9.84 Å². The number of likely N-dealkylation sites (N-methyl/N-ethyl adjacent to an activating group) is 1. The van der Waals surface area contributed by atoms with Crippen LogP contribution in [0.4, 0.5) is 11.4 Å². The van der Waals surface area contributed by atoms with E-state index in [1.807, 2.05) is 16.8 Å². The van der Waals surface area contributed by atoms with E-state index >= 15 is 0 Å². The summed E-state index contributed by atoms with van der Waals surface area (Å²) >= 11 is 0. The van der Waals surface area contributed by atoms with E-state index in [0.717, 1.165) is 25.8 Å². The molecule has 0 bridgehead atoms. The molecule has 1 aromatic rings. The number of anilines is 1. The molecule has 2 N–H and O–H groups in total. The number of carboxylic acid groups (broad SMARTS) is 1. The molecule has 1 heterocycles. The van der Waals surface area contributed by atoms with Gasteiger partial charge in [0.25, 0.3) is 5.69 Å². The number of halogens is 1. The van der Waals surface area contributed by atoms with Gasteiger partial charge in [-0.3, -0.25) is 29.5 Å². The number of benzene rings is 1. The molecule has 0 aliphatic carbocycles. The lowest BCUT2D eigenvalue weighted by Gasteiger charge is -2.25. The number of amides is 1. The number of methoxy groups -OCH3 is 1. The zero-order valence-corrected chi connectivity index (χ0v) is 17.3. The fourth-order valence-corrected chi connectivity index (χ4v) is 3.37. The highest BCUT2D eigenvalue weighted by molar-refractivity contribution is 5.93. The summed E-state index contributed by atoms with van der Waals surface area (Å²) in [5.41, 5.74) is 0.269. The fraction of sp³-hybridized carbons (Fsp3) is 0.556. The maximum Gasteiger partial charge on any atom is 0.317 e. The van der Waals surface area contributed by atoms with Crippen LogP contribution in [0, 0.1) is 10.1 Å². The Bertz CT molecular complexity index is 732. The third kappa shape index (κ3) is 7.48. The number of rotatable bonds is 8. The van der Waals surface area contributed by atoms with Crippen molar-refractivity contribution in [1.29, 1.82) is 0 Å². The van der Waals surface area contributed by atoms with Crippen LogP contribution in [-0.4, -0.2) is 78.1 Å². The summed E-state index contributed by atoms with van der Waals surface area (Å²) in [5.74, 6) is -0.849. The van der Waals surface area contributed by atoms with Gasteiger partial charge in [0.2, 0.25) is 5.91 Å². The smallest absolute Gasteiger partial charge is 0.317 e. The van der Waals surface area contributed by atoms with E-state index in [1.165, 1.54) is 25.3 Å². The van der Waals surface area contributed by atoms with Gasteiger partial charge in [-0.25, -0.2) is 0 Å². The molecule has 162 valence electrons. The van der Waals surface area contributed by atoms with Gasteiger partial charge in [0, 0.05) is 18.7 Å². The van der Waals surface area contributed by atoms with Gasteiger partial charge in [-0.05, 0) is 38.9 Å². The Morgan fingerprint density at radius 1 is 1.38 bits per heavy atom. The third-order valence-corrected chi connectivity index (χ3v) is 4.84. The Kier molecular flexibility index (Phi) is 9.79. The second-order valence-corrected chi connectivity index (χ2v) is 6.86. The molecule has 1 unspecified atom stereocenters. The topological polar surface area (TPSA) is 125 Å². The minimum Gasteiger partial charge on any atom is -0.494 e. The van der Waals surface area contributed by atoms with Crippen LogP contribution >= 0.6 is 12.4 Å². The number of carboxylic acids is 1. The van der Waals surface area contributed by atoms with Crippen molar-refractivity contribution in [3.05, 3.63) is 28.3 Å². The molecule has 1 amide bonds. The van der Waals surface area contributed by atoms with Gasteiger partial charge in [0.15, 0.2) is 0 Å². The first kappa shape index (κ1) is 24.6. The zero-order valence-electron chi connectivity index (χ0n) is 16.5. The predicted octanol–water partition coefficient (Wildman–Crippen LogP) is 1.83. The molecule has 1 fully saturated rings. The van der Waals surface area contributed by atoms with Crippen LogP contribution in [-0.2, 0) is 9.59 Å². The standard InChI is InChI=1S/C18H26N4O6.ClH/c1-20(12-18(24)25)13-4-3-8-21(9-7-13)11-17(23)19-15-6-5-14(22(26)27)10-16(15)28-2;/h5-6,10,13H,3-4,7-9,11-12H2,1-2H3,(H,19,23)(H,24,25);1H. The molecular weight excluding hydrogens is 404 g/mol. The van der Waals surface area contributed by atoms with E-state index < -0.39 is 10.9 Å². The van der Waals surface area contributed by atoms with Gasteiger partial charge in [-0.1, -0.05) is 0 Å². The van der Waals surface area contributed by atoms with Crippen LogP contribution in [0.5, 0.6) is 5.75 Å². The molecule has 2 rings (SSSR count). The summed E-state index contributed by atoms with van der Waals surface area (Å²) in [6, 6.07) is 4.21. The van der Waals surface area contributed by atoms with Crippen molar-refractivity contribution >= 4 is 35.7 Å². The van der Waals surface area contributed by atoms with Gasteiger partial charge < -0.3 is 15.2 Å². The number of carbonyl (C=O) groups excluding carboxylic acids is 1. The number of ether oxygens (including phenoxy) is 1. The minimum atomic E-state index is -0.847. The van der Waals surface area contributed by atoms with E-state index in [9.17, 15) is 19.7 Å². The van der Waals surface area contributed by atoms with Crippen LogP contribution < -0.4 is 10.1 Å². The number of nitrogens with zero attached hydrogens (tertiary/aromatic N) is 3. The van der Waals surface area contributed by atoms with Gasteiger partial charge in [0.05, 0.1) is 36.9 Å². The summed E-state index contributed by atoms with van der Waals surface area (Å²) in [5, 5.41) is 22.5. The molecule has 1 aromatic carbocycles. The summed E-state index contributed by atoms with van der Waals surface area (Å²) < 4.78 is 5.13. The molecule has 0 spiro atoms. The van der Waals surface area contributed by atoms with Crippen molar-refractivity contribution < 1.29 is 24.4 Å². The Hall–Kier alpha value is -2.43. The third-order valence-electron chi connectivity index (χ3n) is 4.84. The second kappa shape index (κ2) is 11.5. The van der Waals surface area contributed by atoms with E-state index in [2.05, 4.69) is 5.32 Å². The molecule has 11 heteroatoms. The normalized spacial score (nSPS) is 17.1. The molecule has 1 aliphatic rings. The Morgan fingerprint density at radius 2 is 2.10 bits per heavy atom. The number of nitrogens with one attached hydrogen (secondary N) is 1. The highest BCUT2D eigenvalue weighted by Crippen LogP contribution is 2.29. The zero-order chi connectivity index (χ0) is 20.7. The lowest BCUT2D eigenvalue weighted by Crippen LogP contribution is -2.37. The van der Waals surface area contributed by atoms with Crippen molar-refractivity contribution in [3.63, 3.8) is 0 Å². The van der Waals surface area contributed by atoms with Crippen molar-refractivity contribution in [3.8, 4) is 5.75 Å². The quantitative estimate of drug-likeness (QED) is 0.472. The average Bonchev–Trinajstić information content (AvgIpc) is 2.86. The number of aliphatic carboxylic acids is 1. The first-order valence-corrected chi connectivity index (χ1v) is 9.06. The van der Waals surface area contributed by atoms with Gasteiger partial charge >= 0.3 is 5.97 Å². The first-order chi connectivity index (χ1) is 13.3. The van der Waals surface area contributed by atoms with Crippen LogP contribution in [0.3, 0.4) is 0 Å². The lowest BCUT2D eigenvalue weighted by atomic mass is 10.1. The fourth-order valence-electron chi connectivity index (χ4n) is 3.37. The lowest BCUT2D eigenvalue weighted by molar-refractivity contribution is -0.384. The summed E-state index contributed by atoms with van der Waals surface area (Å²) in [7, 11) is 3.19. The molecule has 29 heavy (non-hydrogen) atoms. The number of hydrogen-bond donors (Lipinski definition) is 2. The number of likely N-dealkylation sites (tertiary alicyclic amines) is 1. The molecule has 0 aromatic heterocycles. The molecule has 0 radical (unpaired) electrons. The number of non-ortho nitro benzene ring substituents is 1. The SMILES string of the molecule is COc1cc([N+](=O)[O-])ccc1NC(=O)CN1CCCC(N(C)CC(=O)O)CC1.Cl. The summed E-state index contributed by atoms with van der Waals surface area (Å²) in [6.07, 6.45) is 2.55. The number of nitro benzene ring substituents is 1. The van der Waals surface area contributed by atoms with Gasteiger partial charge in [-0.15, -0.1) is 12.4 Å². The monoisotopic (exact) mass is 430 g/mol. The number of hydrogen-bond acceptors (Lipinski definition) is 7. The van der Waals surface area contributed by atoms with E-state index in [-0.39, 0.29) is 48.9 Å². The second-order valence-electron chi connectivity index (χ2n) is 6.86. The van der Waals surface area contributed by atoms with Crippen molar-refractivity contribution in [1.82, 2.24) is 9.80 Å². The molecule has 1 saturated heterocycles. The molecule has 0 saturated carbocycles. The van der Waals surface area contributed by atoms with Crippen LogP contribution in [0.15, 0.2) is 18.2 Å². The molecule has 1 atom stereocenters. The highest BCUT2D eigenvalue weighted by Gasteiger charge is 2.23. The van der Waals surface area contributed by atoms with Crippen molar-refractivity contribution in [2.75, 3.05) is 45.7 Å². The largest absolute Gasteiger partial charge is 0.494 e. The summed E-state index contributed by atoms with van der Waals surface area (Å²) in [4.78, 5) is 37.5. The van der Waals surface area contributed by atoms with E-state index in [0.29, 0.717) is 12.2 Å². The minimum absolute atomic E-state index is 0. The van der Waals surface area contributed by atoms with Gasteiger partial charge in [0.1, 0.15) is 5.75 Å². The highest BCUT2D eigenvalue weighted by atomic mass is 35.5. The van der Waals surface area contributed by atoms with Crippen LogP contribution in [0.25, 0.3) is 0 Å². The van der Waals surface area contributed by atoms with E-state index in [1.54, 1.807) is 0 Å². The Labute approximate surface area is 175 Å². The summed E-state index contributed by atoms with van der Waals surface area (Å²) in [6.45, 7) is 1.64. The van der Waals surface area contributed by atoms with Crippen molar-refractivity contribution in [2.45, 2.75) is 25.3 Å². The maximum atomic E-state index is 12.4. The predicted molar refractivity (Wildman–Crippen MR) is 110 cm³/mol. The maximum absolute atomic E-state index is 12.4. The average molecular weight is 431 g/mol. The van der Waals surface area contributed by atoms with Crippen molar-refractivity contribution in [2.24, 2.45) is 0 Å². The van der Waals surface area contributed by atoms with Crippen LogP contribution in [0.2, 0.25) is 0 Å². The number of carbonyl (C=O) groups is 2. The van der Waals surface area contributed by atoms with Crippen LogP contribution in [0.1, 0.15) is 19.3 Å². The first-order valence-electron chi connectivity index (χ1n) is 9.06. The Morgan fingerprint density at radius 3 is 2.72 bits per heavy atom. The number of nitro groups is 1. The Balaban J connectivity index is 0.00000420. The molecule has 1 aliphatic heterocycles. The molecular formula is C18H27ClN4O6.